The maximum absolute atomic E-state index is 13.6. The van der Waals surface area contributed by atoms with Gasteiger partial charge in [0.2, 0.25) is 0 Å². The van der Waals surface area contributed by atoms with Crippen molar-refractivity contribution in [3.05, 3.63) is 48.3 Å². The number of hydrogen-bond acceptors (Lipinski definition) is 2. The summed E-state index contributed by atoms with van der Waals surface area (Å²) in [5.41, 5.74) is 0.189. The van der Waals surface area contributed by atoms with Gasteiger partial charge in [0.05, 0.1) is 0 Å². The fourth-order valence-electron chi connectivity index (χ4n) is 1.76. The molecule has 9 heteroatoms. The molecule has 0 aromatic heterocycles. The van der Waals surface area contributed by atoms with Crippen LogP contribution in [0.3, 0.4) is 0 Å². The summed E-state index contributed by atoms with van der Waals surface area (Å²) in [5.74, 6) is -2.88. The van der Waals surface area contributed by atoms with Crippen LogP contribution in [0.4, 0.5) is 30.7 Å². The van der Waals surface area contributed by atoms with Gasteiger partial charge in [0.15, 0.2) is 11.6 Å². The molecule has 0 saturated heterocycles. The Hall–Kier alpha value is -2.45. The van der Waals surface area contributed by atoms with E-state index in [1.165, 1.54) is 12.1 Å². The van der Waals surface area contributed by atoms with E-state index in [1.807, 2.05) is 0 Å². The van der Waals surface area contributed by atoms with Crippen LogP contribution in [0.1, 0.15) is 0 Å². The molecule has 0 heterocycles. The van der Waals surface area contributed by atoms with Crippen LogP contribution >= 0.6 is 0 Å². The normalized spacial score (nSPS) is 12.1. The van der Waals surface area contributed by atoms with Crippen LogP contribution in [-0.2, 0) is 0 Å². The zero-order chi connectivity index (χ0) is 17.3. The first-order chi connectivity index (χ1) is 10.5. The van der Waals surface area contributed by atoms with Crippen LogP contribution in [-0.4, -0.2) is 12.7 Å². The molecule has 0 N–H and O–H groups in total. The van der Waals surface area contributed by atoms with Gasteiger partial charge in [-0.3, -0.25) is 0 Å². The highest BCUT2D eigenvalue weighted by molar-refractivity contribution is 5.66. The third-order valence-electron chi connectivity index (χ3n) is 2.56. The fraction of sp³-hybridized carbons (Fsp3) is 0.143. The van der Waals surface area contributed by atoms with Gasteiger partial charge in [-0.05, 0) is 35.4 Å². The number of hydrogen-bond donors (Lipinski definition) is 0. The molecule has 2 nitrogen and oxygen atoms in total. The van der Waals surface area contributed by atoms with E-state index in [2.05, 4.69) is 9.47 Å². The molecule has 0 fully saturated rings. The summed E-state index contributed by atoms with van der Waals surface area (Å²) < 4.78 is 93.3. The summed E-state index contributed by atoms with van der Waals surface area (Å²) in [6, 6.07) is 7.12. The zero-order valence-electron chi connectivity index (χ0n) is 11.0. The first-order valence-corrected chi connectivity index (χ1v) is 5.95. The lowest BCUT2D eigenvalue weighted by molar-refractivity contribution is -0.276. The lowest BCUT2D eigenvalue weighted by Gasteiger charge is -2.12. The van der Waals surface area contributed by atoms with Crippen LogP contribution in [0.2, 0.25) is 0 Å². The lowest BCUT2D eigenvalue weighted by atomic mass is 10.1. The van der Waals surface area contributed by atoms with Crippen molar-refractivity contribution in [1.82, 2.24) is 0 Å². The minimum absolute atomic E-state index is 0.0599. The van der Waals surface area contributed by atoms with Gasteiger partial charge in [-0.15, -0.1) is 26.3 Å². The molecule has 124 valence electrons. The summed E-state index contributed by atoms with van der Waals surface area (Å²) in [5, 5.41) is 0. The molecule has 0 atom stereocenters. The predicted molar refractivity (Wildman–Crippen MR) is 65.2 cm³/mol. The van der Waals surface area contributed by atoms with Crippen molar-refractivity contribution in [2.45, 2.75) is 12.7 Å². The van der Waals surface area contributed by atoms with E-state index in [-0.39, 0.29) is 11.1 Å². The second-order valence-corrected chi connectivity index (χ2v) is 4.27. The van der Waals surface area contributed by atoms with Crippen LogP contribution in [0, 0.1) is 5.82 Å². The summed E-state index contributed by atoms with van der Waals surface area (Å²) in [7, 11) is 0. The maximum atomic E-state index is 13.6. The molecule has 0 saturated carbocycles. The Morgan fingerprint density at radius 2 is 1.30 bits per heavy atom. The van der Waals surface area contributed by atoms with Gasteiger partial charge >= 0.3 is 12.7 Å². The number of rotatable bonds is 3. The average Bonchev–Trinajstić information content (AvgIpc) is 2.38. The quantitative estimate of drug-likeness (QED) is 0.707. The van der Waals surface area contributed by atoms with Crippen molar-refractivity contribution in [2.75, 3.05) is 0 Å². The van der Waals surface area contributed by atoms with Crippen LogP contribution in [0.25, 0.3) is 11.1 Å². The first kappa shape index (κ1) is 16.9. The minimum Gasteiger partial charge on any atom is -0.406 e. The molecule has 0 aliphatic rings. The Bertz CT molecular complexity index is 692. The van der Waals surface area contributed by atoms with E-state index in [0.29, 0.717) is 6.07 Å². The number of halogens is 7. The van der Waals surface area contributed by atoms with Gasteiger partial charge in [0.1, 0.15) is 5.75 Å². The minimum atomic E-state index is -5.05. The van der Waals surface area contributed by atoms with E-state index in [9.17, 15) is 30.7 Å². The molecule has 2 rings (SSSR count). The summed E-state index contributed by atoms with van der Waals surface area (Å²) in [6.07, 6.45) is -9.95. The van der Waals surface area contributed by atoms with Gasteiger partial charge in [-0.1, -0.05) is 18.2 Å². The SMILES string of the molecule is Fc1cc(-c2cccc(OC(F)(F)F)c2)ccc1OC(F)(F)F. The van der Waals surface area contributed by atoms with Gasteiger partial charge in [0.25, 0.3) is 0 Å². The van der Waals surface area contributed by atoms with E-state index in [0.717, 1.165) is 24.3 Å². The average molecular weight is 340 g/mol. The van der Waals surface area contributed by atoms with E-state index >= 15 is 0 Å². The zero-order valence-corrected chi connectivity index (χ0v) is 11.0. The van der Waals surface area contributed by atoms with Crippen molar-refractivity contribution in [3.63, 3.8) is 0 Å². The molecule has 0 aliphatic carbocycles. The number of ether oxygens (including phenoxy) is 2. The van der Waals surface area contributed by atoms with Crippen LogP contribution in [0.15, 0.2) is 42.5 Å². The molecule has 0 unspecified atom stereocenters. The van der Waals surface area contributed by atoms with E-state index < -0.39 is 30.0 Å². The molecule has 2 aromatic rings. The number of alkyl halides is 6. The van der Waals surface area contributed by atoms with Gasteiger partial charge in [0, 0.05) is 0 Å². The predicted octanol–water partition coefficient (Wildman–Crippen LogP) is 5.29. The van der Waals surface area contributed by atoms with E-state index in [4.69, 9.17) is 0 Å². The molecule has 0 radical (unpaired) electrons. The standard InChI is InChI=1S/C14H7F7O2/c15-11-7-9(4-5-12(11)23-14(19,20)21)8-2-1-3-10(6-8)22-13(16,17)18/h1-7H. The largest absolute Gasteiger partial charge is 0.573 e. The smallest absolute Gasteiger partial charge is 0.406 e. The fourth-order valence-corrected chi connectivity index (χ4v) is 1.76. The summed E-state index contributed by atoms with van der Waals surface area (Å²) >= 11 is 0. The first-order valence-electron chi connectivity index (χ1n) is 5.95. The molecule has 0 amide bonds. The molecule has 0 aliphatic heterocycles. The highest BCUT2D eigenvalue weighted by atomic mass is 19.4. The van der Waals surface area contributed by atoms with Crippen molar-refractivity contribution in [3.8, 4) is 22.6 Å². The Morgan fingerprint density at radius 1 is 0.696 bits per heavy atom. The van der Waals surface area contributed by atoms with Crippen LogP contribution < -0.4 is 9.47 Å². The molecule has 23 heavy (non-hydrogen) atoms. The third kappa shape index (κ3) is 5.04. The van der Waals surface area contributed by atoms with Gasteiger partial charge in [-0.25, -0.2) is 4.39 Å². The molecule has 2 aromatic carbocycles. The van der Waals surface area contributed by atoms with Crippen LogP contribution in [0.5, 0.6) is 11.5 Å². The van der Waals surface area contributed by atoms with Gasteiger partial charge in [-0.2, -0.15) is 0 Å². The molecule has 0 bridgehead atoms. The van der Waals surface area contributed by atoms with Gasteiger partial charge < -0.3 is 9.47 Å². The highest BCUT2D eigenvalue weighted by Crippen LogP contribution is 2.32. The Balaban J connectivity index is 2.29. The third-order valence-corrected chi connectivity index (χ3v) is 2.56. The number of benzene rings is 2. The molecule has 0 spiro atoms. The monoisotopic (exact) mass is 340 g/mol. The topological polar surface area (TPSA) is 18.5 Å². The Kier molecular flexibility index (Phi) is 4.39. The van der Waals surface area contributed by atoms with Crippen molar-refractivity contribution in [1.29, 1.82) is 0 Å². The second kappa shape index (κ2) is 5.98. The molecular weight excluding hydrogens is 333 g/mol. The van der Waals surface area contributed by atoms with E-state index in [1.54, 1.807) is 0 Å². The van der Waals surface area contributed by atoms with Crippen molar-refractivity contribution >= 4 is 0 Å². The highest BCUT2D eigenvalue weighted by Gasteiger charge is 2.32. The van der Waals surface area contributed by atoms with Crippen molar-refractivity contribution < 1.29 is 40.2 Å². The van der Waals surface area contributed by atoms with Crippen molar-refractivity contribution in [2.24, 2.45) is 0 Å². The molecular formula is C14H7F7O2. The summed E-state index contributed by atoms with van der Waals surface area (Å²) in [6.45, 7) is 0. The maximum Gasteiger partial charge on any atom is 0.573 e. The lowest BCUT2D eigenvalue weighted by Crippen LogP contribution is -2.17. The Labute approximate surface area is 125 Å². The second-order valence-electron chi connectivity index (χ2n) is 4.27. The summed E-state index contributed by atoms with van der Waals surface area (Å²) in [4.78, 5) is 0. The Morgan fingerprint density at radius 3 is 1.87 bits per heavy atom.